The Bertz CT molecular complexity index is 8.00. The molecule has 0 saturated carbocycles. The Hall–Kier alpha value is 2.44. The van der Waals surface area contributed by atoms with Crippen LogP contribution in [0.5, 0.6) is 0 Å². The van der Waals surface area contributed by atoms with E-state index in [2.05, 4.69) is 0 Å². The smallest absolute Gasteiger partial charge is 0 e. The van der Waals surface area contributed by atoms with Gasteiger partial charge < -0.3 is 0 Å². The van der Waals surface area contributed by atoms with Crippen LogP contribution in [0.4, 0.5) is 0 Å². The fourth-order valence-electron chi connectivity index (χ4n) is 0. The molecule has 4 heavy (non-hydrogen) atoms. The minimum atomic E-state index is 0. The first-order valence-corrected chi connectivity index (χ1v) is 0. The topological polar surface area (TPSA) is 0 Å². The Morgan fingerprint density at radius 3 is 1.00 bits per heavy atom. The molecule has 0 spiro atoms. The largest absolute Gasteiger partial charge is 0 e. The second-order valence-electron chi connectivity index (χ2n) is 0. The molecule has 2 radical (unpaired) electrons. The summed E-state index contributed by atoms with van der Waals surface area (Å²) in [5.41, 5.74) is 0. The summed E-state index contributed by atoms with van der Waals surface area (Å²) < 4.78 is 0. The van der Waals surface area contributed by atoms with E-state index in [1.165, 1.54) is 0 Å². The van der Waals surface area contributed by atoms with Gasteiger partial charge in [0, 0.05) is 77.4 Å². The van der Waals surface area contributed by atoms with E-state index >= 15 is 0 Å². The van der Waals surface area contributed by atoms with Crippen molar-refractivity contribution in [2.24, 2.45) is 0 Å². The average molecular weight is 266 g/mol. The van der Waals surface area contributed by atoms with Gasteiger partial charge in [0.2, 0.25) is 0 Å². The van der Waals surface area contributed by atoms with Crippen LogP contribution in [-0.4, -0.2) is 0 Å². The summed E-state index contributed by atoms with van der Waals surface area (Å²) in [5, 5.41) is 0. The van der Waals surface area contributed by atoms with Gasteiger partial charge in [-0.05, 0) is 0 Å². The molecule has 30 valence electrons. The van der Waals surface area contributed by atoms with Crippen molar-refractivity contribution < 1.29 is 77.4 Å². The van der Waals surface area contributed by atoms with Gasteiger partial charge in [0.05, 0.1) is 0 Å². The molecule has 0 aliphatic carbocycles. The predicted octanol–water partition coefficient (Wildman–Crippen LogP) is -0.0100. The van der Waals surface area contributed by atoms with Crippen molar-refractivity contribution in [3.05, 3.63) is 0 Å². The zero-order valence-corrected chi connectivity index (χ0v) is 7.26. The Morgan fingerprint density at radius 1 is 1.00 bits per heavy atom. The molecular formula is CoCrCuZr. The molecule has 0 bridgehead atoms. The van der Waals surface area contributed by atoms with E-state index in [1.54, 1.807) is 0 Å². The predicted molar refractivity (Wildman–Crippen MR) is 0 cm³/mol. The molecule has 0 rings (SSSR count). The van der Waals surface area contributed by atoms with Gasteiger partial charge in [-0.2, -0.15) is 0 Å². The van der Waals surface area contributed by atoms with Gasteiger partial charge in [-0.15, -0.1) is 0 Å². The van der Waals surface area contributed by atoms with Gasteiger partial charge in [0.1, 0.15) is 0 Å². The van der Waals surface area contributed by atoms with Crippen molar-refractivity contribution in [2.45, 2.75) is 0 Å². The van der Waals surface area contributed by atoms with Crippen LogP contribution < -0.4 is 0 Å². The molecule has 0 aromatic heterocycles. The molecule has 0 aromatic carbocycles. The monoisotopic (exact) mass is 264 g/mol. The third-order valence-electron chi connectivity index (χ3n) is 0. The van der Waals surface area contributed by atoms with E-state index in [9.17, 15) is 0 Å². The van der Waals surface area contributed by atoms with Crippen LogP contribution >= 0.6 is 0 Å². The number of hydrogen-bond acceptors (Lipinski definition) is 0. The van der Waals surface area contributed by atoms with Crippen LogP contribution in [-0.2, 0) is 77.4 Å². The van der Waals surface area contributed by atoms with Gasteiger partial charge in [0.25, 0.3) is 0 Å². The second kappa shape index (κ2) is 18.0. The first-order chi connectivity index (χ1) is 0. The molecule has 0 heterocycles. The van der Waals surface area contributed by atoms with E-state index in [0.29, 0.717) is 0 Å². The average Bonchev–Trinajstić information content (AvgIpc) is 0. The van der Waals surface area contributed by atoms with E-state index in [-0.39, 0.29) is 77.4 Å². The molecule has 0 atom stereocenters. The SMILES string of the molecule is [Co].[Cr].[Cu].[Zr]. The fourth-order valence-corrected chi connectivity index (χ4v) is 0. The number of hydrogen-bond donors (Lipinski definition) is 0. The summed E-state index contributed by atoms with van der Waals surface area (Å²) in [4.78, 5) is 0. The molecular weight excluding hydrogens is 266 g/mol. The van der Waals surface area contributed by atoms with Crippen LogP contribution in [0, 0.1) is 0 Å². The van der Waals surface area contributed by atoms with Gasteiger partial charge in [0.15, 0.2) is 0 Å². The fraction of sp³-hybridized carbons (Fsp3) is 0. The summed E-state index contributed by atoms with van der Waals surface area (Å²) in [5.74, 6) is 0. The van der Waals surface area contributed by atoms with Crippen LogP contribution in [0.1, 0.15) is 0 Å². The van der Waals surface area contributed by atoms with Crippen LogP contribution in [0.2, 0.25) is 0 Å². The quantitative estimate of drug-likeness (QED) is 0.541. The van der Waals surface area contributed by atoms with Crippen molar-refractivity contribution >= 4 is 0 Å². The standard InChI is InChI=1S/Co.Cr.Cu.Zr. The zero-order valence-electron chi connectivity index (χ0n) is 1.54. The van der Waals surface area contributed by atoms with Crippen molar-refractivity contribution in [3.8, 4) is 0 Å². The van der Waals surface area contributed by atoms with Gasteiger partial charge >= 0.3 is 0 Å². The maximum Gasteiger partial charge on any atom is 0 e. The van der Waals surface area contributed by atoms with E-state index < -0.39 is 0 Å². The van der Waals surface area contributed by atoms with E-state index in [4.69, 9.17) is 0 Å². The third-order valence-corrected chi connectivity index (χ3v) is 0. The molecule has 0 amide bonds. The summed E-state index contributed by atoms with van der Waals surface area (Å²) >= 11 is 0. The van der Waals surface area contributed by atoms with Crippen molar-refractivity contribution in [1.29, 1.82) is 0 Å². The third kappa shape index (κ3) is 8.82. The molecule has 0 aromatic rings. The van der Waals surface area contributed by atoms with Crippen molar-refractivity contribution in [3.63, 3.8) is 0 Å². The molecule has 0 aliphatic heterocycles. The maximum absolute atomic E-state index is 0. The van der Waals surface area contributed by atoms with Crippen LogP contribution in [0.3, 0.4) is 0 Å². The Balaban J connectivity index is 0. The maximum atomic E-state index is 0. The summed E-state index contributed by atoms with van der Waals surface area (Å²) in [7, 11) is 0. The van der Waals surface area contributed by atoms with Crippen LogP contribution in [0.15, 0.2) is 0 Å². The molecule has 4 heteroatoms. The molecule has 0 unspecified atom stereocenters. The van der Waals surface area contributed by atoms with E-state index in [0.717, 1.165) is 0 Å². The number of rotatable bonds is 0. The van der Waals surface area contributed by atoms with Gasteiger partial charge in [-0.1, -0.05) is 0 Å². The molecule has 0 nitrogen and oxygen atoms in total. The normalized spacial score (nSPS) is 0. The van der Waals surface area contributed by atoms with E-state index in [1.807, 2.05) is 0 Å². The molecule has 0 N–H and O–H groups in total. The Labute approximate surface area is 76.4 Å². The molecule has 0 fully saturated rings. The minimum Gasteiger partial charge on any atom is 0 e. The zero-order chi connectivity index (χ0) is 0. The summed E-state index contributed by atoms with van der Waals surface area (Å²) in [6, 6.07) is 0. The summed E-state index contributed by atoms with van der Waals surface area (Å²) in [6.07, 6.45) is 0. The van der Waals surface area contributed by atoms with Crippen molar-refractivity contribution in [1.82, 2.24) is 0 Å². The van der Waals surface area contributed by atoms with Crippen LogP contribution in [0.25, 0.3) is 0 Å². The minimum absolute atomic E-state index is 0. The van der Waals surface area contributed by atoms with Crippen molar-refractivity contribution in [2.75, 3.05) is 0 Å². The van der Waals surface area contributed by atoms with Gasteiger partial charge in [-0.3, -0.25) is 0 Å². The summed E-state index contributed by atoms with van der Waals surface area (Å²) in [6.45, 7) is 0. The first-order valence-electron chi connectivity index (χ1n) is 0. The second-order valence-corrected chi connectivity index (χ2v) is 0. The Kier molecular flexibility index (Phi) is 144. The molecule has 0 saturated heterocycles. The molecule has 0 aliphatic rings. The first kappa shape index (κ1) is 32.0. The Morgan fingerprint density at radius 2 is 1.00 bits per heavy atom. The van der Waals surface area contributed by atoms with Gasteiger partial charge in [-0.25, -0.2) is 0 Å².